The Balaban J connectivity index is 1.90. The molecule has 5 nitrogen and oxygen atoms in total. The van der Waals surface area contributed by atoms with Gasteiger partial charge in [-0.2, -0.15) is 0 Å². The van der Waals surface area contributed by atoms with E-state index < -0.39 is 0 Å². The fraction of sp³-hybridized carbons (Fsp3) is 0.933. The third-order valence-electron chi connectivity index (χ3n) is 3.60. The number of guanidine groups is 1. The smallest absolute Gasteiger partial charge is 0.188 e. The number of hydrogen-bond donors (Lipinski definition) is 2. The summed E-state index contributed by atoms with van der Waals surface area (Å²) in [6.07, 6.45) is 7.31. The Bertz CT molecular complexity index is 252. The zero-order chi connectivity index (χ0) is 14.5. The van der Waals surface area contributed by atoms with Crippen molar-refractivity contribution in [3.05, 3.63) is 0 Å². The van der Waals surface area contributed by atoms with E-state index in [1.807, 2.05) is 0 Å². The molecule has 0 aromatic carbocycles. The lowest BCUT2D eigenvalue weighted by atomic mass is 10.2. The van der Waals surface area contributed by atoms with Crippen molar-refractivity contribution in [2.45, 2.75) is 45.4 Å². The number of rotatable bonds is 10. The molecular weight excluding hydrogens is 252 g/mol. The van der Waals surface area contributed by atoms with E-state index in [-0.39, 0.29) is 0 Å². The van der Waals surface area contributed by atoms with E-state index in [1.54, 1.807) is 0 Å². The van der Waals surface area contributed by atoms with Crippen molar-refractivity contribution in [2.24, 2.45) is 10.7 Å². The molecule has 3 N–H and O–H groups in total. The second kappa shape index (κ2) is 12.0. The number of aliphatic imine (C=N–C) groups is 1. The molecule has 20 heavy (non-hydrogen) atoms. The summed E-state index contributed by atoms with van der Waals surface area (Å²) in [5, 5.41) is 3.20. The van der Waals surface area contributed by atoms with Gasteiger partial charge in [-0.15, -0.1) is 0 Å². The average molecular weight is 284 g/mol. The molecule has 0 bridgehead atoms. The van der Waals surface area contributed by atoms with Gasteiger partial charge in [-0.25, -0.2) is 0 Å². The van der Waals surface area contributed by atoms with Gasteiger partial charge in [0.15, 0.2) is 5.96 Å². The molecule has 0 spiro atoms. The highest BCUT2D eigenvalue weighted by Crippen LogP contribution is 2.00. The van der Waals surface area contributed by atoms with E-state index >= 15 is 0 Å². The molecule has 0 amide bonds. The summed E-state index contributed by atoms with van der Waals surface area (Å²) in [6, 6.07) is 0. The Hall–Kier alpha value is -0.810. The molecule has 0 radical (unpaired) electrons. The van der Waals surface area contributed by atoms with Gasteiger partial charge in [0, 0.05) is 26.2 Å². The van der Waals surface area contributed by atoms with Crippen LogP contribution in [-0.2, 0) is 4.74 Å². The van der Waals surface area contributed by atoms with E-state index in [1.165, 1.54) is 32.2 Å². The van der Waals surface area contributed by atoms with Gasteiger partial charge in [-0.1, -0.05) is 26.2 Å². The highest BCUT2D eigenvalue weighted by molar-refractivity contribution is 5.77. The maximum Gasteiger partial charge on any atom is 0.188 e. The van der Waals surface area contributed by atoms with E-state index in [9.17, 15) is 0 Å². The van der Waals surface area contributed by atoms with Crippen LogP contribution in [0.1, 0.15) is 45.4 Å². The molecule has 0 unspecified atom stereocenters. The van der Waals surface area contributed by atoms with Crippen molar-refractivity contribution >= 4 is 5.96 Å². The summed E-state index contributed by atoms with van der Waals surface area (Å²) in [5.74, 6) is 0.605. The minimum absolute atomic E-state index is 0.605. The molecule has 1 heterocycles. The number of nitrogens with one attached hydrogen (secondary N) is 1. The predicted molar refractivity (Wildman–Crippen MR) is 85.1 cm³/mol. The van der Waals surface area contributed by atoms with Gasteiger partial charge in [0.1, 0.15) is 0 Å². The second-order valence-electron chi connectivity index (χ2n) is 5.42. The molecule has 1 saturated heterocycles. The van der Waals surface area contributed by atoms with Crippen molar-refractivity contribution in [3.63, 3.8) is 0 Å². The SMILES string of the molecule is CCCCCCN=C(N)NCCCCN1CCOCC1. The van der Waals surface area contributed by atoms with Crippen molar-refractivity contribution in [3.8, 4) is 0 Å². The number of morpholine rings is 1. The normalized spacial score (nSPS) is 17.4. The van der Waals surface area contributed by atoms with Crippen LogP contribution in [0.5, 0.6) is 0 Å². The molecule has 1 fully saturated rings. The third kappa shape index (κ3) is 9.15. The highest BCUT2D eigenvalue weighted by Gasteiger charge is 2.08. The first-order valence-corrected chi connectivity index (χ1v) is 8.17. The van der Waals surface area contributed by atoms with Gasteiger partial charge in [0.2, 0.25) is 0 Å². The molecule has 1 aliphatic rings. The number of ether oxygens (including phenoxy) is 1. The van der Waals surface area contributed by atoms with E-state index in [0.717, 1.165) is 52.2 Å². The topological polar surface area (TPSA) is 62.9 Å². The molecular formula is C15H32N4O. The molecule has 0 aromatic heterocycles. The average Bonchev–Trinajstić information content (AvgIpc) is 2.48. The quantitative estimate of drug-likeness (QED) is 0.363. The van der Waals surface area contributed by atoms with Gasteiger partial charge < -0.3 is 15.8 Å². The second-order valence-corrected chi connectivity index (χ2v) is 5.42. The lowest BCUT2D eigenvalue weighted by Crippen LogP contribution is -2.37. The minimum Gasteiger partial charge on any atom is -0.379 e. The van der Waals surface area contributed by atoms with Crippen LogP contribution >= 0.6 is 0 Å². The first-order valence-electron chi connectivity index (χ1n) is 8.17. The van der Waals surface area contributed by atoms with Crippen molar-refractivity contribution in [1.29, 1.82) is 0 Å². The molecule has 1 aliphatic heterocycles. The Labute approximate surface area is 124 Å². The first kappa shape index (κ1) is 17.2. The minimum atomic E-state index is 0.605. The van der Waals surface area contributed by atoms with Crippen molar-refractivity contribution in [1.82, 2.24) is 10.2 Å². The summed E-state index contributed by atoms with van der Waals surface area (Å²) >= 11 is 0. The van der Waals surface area contributed by atoms with Gasteiger partial charge in [0.05, 0.1) is 13.2 Å². The van der Waals surface area contributed by atoms with Crippen LogP contribution in [0.15, 0.2) is 4.99 Å². The van der Waals surface area contributed by atoms with Gasteiger partial charge in [0.25, 0.3) is 0 Å². The lowest BCUT2D eigenvalue weighted by molar-refractivity contribution is 0.0372. The first-order chi connectivity index (χ1) is 9.83. The number of nitrogens with zero attached hydrogens (tertiary/aromatic N) is 2. The fourth-order valence-corrected chi connectivity index (χ4v) is 2.30. The van der Waals surface area contributed by atoms with Gasteiger partial charge >= 0.3 is 0 Å². The van der Waals surface area contributed by atoms with E-state index in [4.69, 9.17) is 10.5 Å². The monoisotopic (exact) mass is 284 g/mol. The summed E-state index contributed by atoms with van der Waals surface area (Å²) in [6.45, 7) is 9.09. The molecule has 5 heteroatoms. The molecule has 0 aliphatic carbocycles. The maximum atomic E-state index is 5.83. The van der Waals surface area contributed by atoms with E-state index in [2.05, 4.69) is 22.1 Å². The maximum absolute atomic E-state index is 5.83. The molecule has 0 aromatic rings. The largest absolute Gasteiger partial charge is 0.379 e. The van der Waals surface area contributed by atoms with Crippen LogP contribution < -0.4 is 11.1 Å². The van der Waals surface area contributed by atoms with Crippen molar-refractivity contribution in [2.75, 3.05) is 45.9 Å². The van der Waals surface area contributed by atoms with Crippen LogP contribution in [0.25, 0.3) is 0 Å². The predicted octanol–water partition coefficient (Wildman–Crippen LogP) is 1.58. The molecule has 0 atom stereocenters. The lowest BCUT2D eigenvalue weighted by Gasteiger charge is -2.26. The third-order valence-corrected chi connectivity index (χ3v) is 3.60. The zero-order valence-electron chi connectivity index (χ0n) is 13.1. The Morgan fingerprint density at radius 1 is 1.15 bits per heavy atom. The Morgan fingerprint density at radius 2 is 1.95 bits per heavy atom. The number of nitrogens with two attached hydrogens (primary N) is 1. The van der Waals surface area contributed by atoms with Gasteiger partial charge in [-0.3, -0.25) is 9.89 Å². The molecule has 118 valence electrons. The van der Waals surface area contributed by atoms with Crippen LogP contribution in [0.4, 0.5) is 0 Å². The summed E-state index contributed by atoms with van der Waals surface area (Å²) in [4.78, 5) is 6.81. The fourth-order valence-electron chi connectivity index (χ4n) is 2.30. The highest BCUT2D eigenvalue weighted by atomic mass is 16.5. The van der Waals surface area contributed by atoms with Crippen LogP contribution in [0, 0.1) is 0 Å². The van der Waals surface area contributed by atoms with Crippen molar-refractivity contribution < 1.29 is 4.74 Å². The van der Waals surface area contributed by atoms with Gasteiger partial charge in [-0.05, 0) is 25.8 Å². The number of unbranched alkanes of at least 4 members (excludes halogenated alkanes) is 4. The van der Waals surface area contributed by atoms with Crippen LogP contribution in [-0.4, -0.2) is 56.8 Å². The summed E-state index contributed by atoms with van der Waals surface area (Å²) < 4.78 is 5.33. The van der Waals surface area contributed by atoms with Crippen LogP contribution in [0.3, 0.4) is 0 Å². The number of hydrogen-bond acceptors (Lipinski definition) is 3. The molecule has 0 saturated carbocycles. The summed E-state index contributed by atoms with van der Waals surface area (Å²) in [5.41, 5.74) is 5.83. The Morgan fingerprint density at radius 3 is 2.70 bits per heavy atom. The zero-order valence-corrected chi connectivity index (χ0v) is 13.1. The summed E-state index contributed by atoms with van der Waals surface area (Å²) in [7, 11) is 0. The van der Waals surface area contributed by atoms with Crippen LogP contribution in [0.2, 0.25) is 0 Å². The Kier molecular flexibility index (Phi) is 10.3. The van der Waals surface area contributed by atoms with E-state index in [0.29, 0.717) is 5.96 Å². The standard InChI is InChI=1S/C15H32N4O/c1-2-3-4-5-8-17-15(16)18-9-6-7-10-19-11-13-20-14-12-19/h2-14H2,1H3,(H3,16,17,18). The molecule has 1 rings (SSSR count).